The summed E-state index contributed by atoms with van der Waals surface area (Å²) in [5.74, 6) is 0.732. The summed E-state index contributed by atoms with van der Waals surface area (Å²) in [5, 5.41) is 3.65. The molecule has 0 amide bonds. The van der Waals surface area contributed by atoms with E-state index >= 15 is 0 Å². The highest BCUT2D eigenvalue weighted by Crippen LogP contribution is 2.29. The fraction of sp³-hybridized carbons (Fsp3) is 1.00. The molecule has 0 saturated heterocycles. The van der Waals surface area contributed by atoms with E-state index in [2.05, 4.69) is 12.2 Å². The van der Waals surface area contributed by atoms with Gasteiger partial charge in [0, 0.05) is 12.1 Å². The van der Waals surface area contributed by atoms with Crippen molar-refractivity contribution in [1.29, 1.82) is 0 Å². The van der Waals surface area contributed by atoms with Crippen LogP contribution in [0.15, 0.2) is 0 Å². The fourth-order valence-corrected chi connectivity index (χ4v) is 3.80. The van der Waals surface area contributed by atoms with E-state index in [0.29, 0.717) is 18.5 Å². The lowest BCUT2D eigenvalue weighted by Crippen LogP contribution is -2.45. The van der Waals surface area contributed by atoms with Gasteiger partial charge in [-0.05, 0) is 51.4 Å². The molecule has 1 N–H and O–H groups in total. The second-order valence-electron chi connectivity index (χ2n) is 6.77. The zero-order valence-electron chi connectivity index (χ0n) is 12.9. The van der Waals surface area contributed by atoms with E-state index < -0.39 is 12.8 Å². The van der Waals surface area contributed by atoms with E-state index in [1.165, 1.54) is 32.1 Å². The highest BCUT2D eigenvalue weighted by Gasteiger charge is 2.32. The van der Waals surface area contributed by atoms with Gasteiger partial charge in [0.15, 0.2) is 0 Å². The molecular formula is C16H28F3NO. The topological polar surface area (TPSA) is 21.3 Å². The van der Waals surface area contributed by atoms with Gasteiger partial charge < -0.3 is 10.1 Å². The van der Waals surface area contributed by atoms with Crippen LogP contribution < -0.4 is 5.32 Å². The van der Waals surface area contributed by atoms with E-state index in [9.17, 15) is 13.2 Å². The molecule has 2 aliphatic carbocycles. The summed E-state index contributed by atoms with van der Waals surface area (Å²) in [6.45, 7) is 1.12. The Morgan fingerprint density at radius 1 is 1.05 bits per heavy atom. The first kappa shape index (κ1) is 17.1. The van der Waals surface area contributed by atoms with Crippen LogP contribution in [-0.2, 0) is 4.74 Å². The molecule has 2 fully saturated rings. The van der Waals surface area contributed by atoms with Gasteiger partial charge in [0.25, 0.3) is 0 Å². The van der Waals surface area contributed by atoms with Gasteiger partial charge in [-0.1, -0.05) is 19.3 Å². The number of hydrogen-bond acceptors (Lipinski definition) is 2. The highest BCUT2D eigenvalue weighted by molar-refractivity contribution is 4.84. The Hall–Kier alpha value is -0.290. The second-order valence-corrected chi connectivity index (χ2v) is 6.77. The molecule has 124 valence electrons. The Labute approximate surface area is 125 Å². The number of ether oxygens (including phenoxy) is 1. The van der Waals surface area contributed by atoms with E-state index in [4.69, 9.17) is 4.74 Å². The van der Waals surface area contributed by atoms with Gasteiger partial charge in [0.05, 0.1) is 6.10 Å². The summed E-state index contributed by atoms with van der Waals surface area (Å²) in [7, 11) is 0. The first-order valence-electron chi connectivity index (χ1n) is 8.38. The Balaban J connectivity index is 1.72. The number of nitrogens with one attached hydrogen (secondary N) is 1. The van der Waals surface area contributed by atoms with Crippen LogP contribution >= 0.6 is 0 Å². The predicted octanol–water partition coefficient (Wildman–Crippen LogP) is 4.43. The Bertz CT molecular complexity index is 302. The third kappa shape index (κ3) is 6.15. The molecule has 0 aromatic carbocycles. The van der Waals surface area contributed by atoms with Crippen LogP contribution in [0.2, 0.25) is 0 Å². The van der Waals surface area contributed by atoms with Gasteiger partial charge in [-0.2, -0.15) is 13.2 Å². The van der Waals surface area contributed by atoms with E-state index in [-0.39, 0.29) is 6.10 Å². The van der Waals surface area contributed by atoms with Gasteiger partial charge in [-0.3, -0.25) is 0 Å². The molecule has 3 unspecified atom stereocenters. The van der Waals surface area contributed by atoms with Gasteiger partial charge in [-0.15, -0.1) is 0 Å². The Morgan fingerprint density at radius 2 is 1.76 bits per heavy atom. The minimum atomic E-state index is -4.21. The lowest BCUT2D eigenvalue weighted by Gasteiger charge is -2.35. The van der Waals surface area contributed by atoms with Crippen molar-refractivity contribution in [2.75, 3.05) is 6.61 Å². The normalized spacial score (nSPS) is 30.3. The van der Waals surface area contributed by atoms with Gasteiger partial charge >= 0.3 is 6.18 Å². The standard InChI is InChI=1S/C16H28F3NO/c1-12(13-6-3-2-4-7-13)20-14-8-5-9-15(10-14)21-11-16(17,18)19/h12-15,20H,2-11H2,1H3. The molecule has 2 nitrogen and oxygen atoms in total. The molecule has 0 spiro atoms. The molecule has 0 bridgehead atoms. The third-order valence-corrected chi connectivity index (χ3v) is 4.96. The van der Waals surface area contributed by atoms with Gasteiger partial charge in [0.1, 0.15) is 6.61 Å². The van der Waals surface area contributed by atoms with Crippen molar-refractivity contribution in [2.24, 2.45) is 5.92 Å². The van der Waals surface area contributed by atoms with Crippen molar-refractivity contribution >= 4 is 0 Å². The molecular weight excluding hydrogens is 279 g/mol. The molecule has 0 heterocycles. The molecule has 0 aromatic heterocycles. The minimum absolute atomic E-state index is 0.239. The molecule has 0 aliphatic heterocycles. The maximum Gasteiger partial charge on any atom is 0.411 e. The molecule has 2 rings (SSSR count). The van der Waals surface area contributed by atoms with Crippen LogP contribution in [0, 0.1) is 5.92 Å². The van der Waals surface area contributed by atoms with Gasteiger partial charge in [-0.25, -0.2) is 0 Å². The SMILES string of the molecule is CC(NC1CCCC(OCC(F)(F)F)C1)C1CCCCC1. The summed E-state index contributed by atoms with van der Waals surface area (Å²) in [6, 6.07) is 0.783. The van der Waals surface area contributed by atoms with Crippen molar-refractivity contribution in [1.82, 2.24) is 5.32 Å². The van der Waals surface area contributed by atoms with Crippen LogP contribution in [0.3, 0.4) is 0 Å². The Kier molecular flexibility index (Phi) is 6.35. The number of hydrogen-bond donors (Lipinski definition) is 1. The second kappa shape index (κ2) is 7.82. The molecule has 21 heavy (non-hydrogen) atoms. The van der Waals surface area contributed by atoms with Crippen molar-refractivity contribution in [3.8, 4) is 0 Å². The first-order valence-corrected chi connectivity index (χ1v) is 8.38. The molecule has 0 aromatic rings. The number of rotatable bonds is 5. The summed E-state index contributed by atoms with van der Waals surface area (Å²) in [4.78, 5) is 0. The van der Waals surface area contributed by atoms with Crippen LogP contribution in [0.25, 0.3) is 0 Å². The van der Waals surface area contributed by atoms with Crippen LogP contribution in [0.5, 0.6) is 0 Å². The average molecular weight is 307 g/mol. The fourth-order valence-electron chi connectivity index (χ4n) is 3.80. The molecule has 2 saturated carbocycles. The molecule has 2 aliphatic rings. The third-order valence-electron chi connectivity index (χ3n) is 4.96. The maximum atomic E-state index is 12.2. The Morgan fingerprint density at radius 3 is 2.43 bits per heavy atom. The van der Waals surface area contributed by atoms with Crippen molar-refractivity contribution in [2.45, 2.75) is 89.1 Å². The van der Waals surface area contributed by atoms with Crippen molar-refractivity contribution < 1.29 is 17.9 Å². The summed E-state index contributed by atoms with van der Waals surface area (Å²) < 4.78 is 41.7. The smallest absolute Gasteiger partial charge is 0.369 e. The predicted molar refractivity (Wildman–Crippen MR) is 77.2 cm³/mol. The van der Waals surface area contributed by atoms with E-state index in [1.54, 1.807) is 0 Å². The largest absolute Gasteiger partial charge is 0.411 e. The van der Waals surface area contributed by atoms with Crippen LogP contribution in [0.4, 0.5) is 13.2 Å². The van der Waals surface area contributed by atoms with Gasteiger partial charge in [0.2, 0.25) is 0 Å². The maximum absolute atomic E-state index is 12.2. The molecule has 0 radical (unpaired) electrons. The zero-order chi connectivity index (χ0) is 15.3. The summed E-state index contributed by atoms with van der Waals surface area (Å²) in [6.07, 6.45) is 5.59. The average Bonchev–Trinajstić information content (AvgIpc) is 2.46. The highest BCUT2D eigenvalue weighted by atomic mass is 19.4. The lowest BCUT2D eigenvalue weighted by atomic mass is 9.83. The quantitative estimate of drug-likeness (QED) is 0.811. The number of halogens is 3. The van der Waals surface area contributed by atoms with Crippen molar-refractivity contribution in [3.63, 3.8) is 0 Å². The van der Waals surface area contributed by atoms with E-state index in [0.717, 1.165) is 25.2 Å². The molecule has 5 heteroatoms. The van der Waals surface area contributed by atoms with Crippen molar-refractivity contribution in [3.05, 3.63) is 0 Å². The molecule has 3 atom stereocenters. The minimum Gasteiger partial charge on any atom is -0.369 e. The summed E-state index contributed by atoms with van der Waals surface area (Å²) >= 11 is 0. The monoisotopic (exact) mass is 307 g/mol. The number of alkyl halides is 3. The zero-order valence-corrected chi connectivity index (χ0v) is 12.9. The summed E-state index contributed by atoms with van der Waals surface area (Å²) in [5.41, 5.74) is 0. The van der Waals surface area contributed by atoms with E-state index in [1.807, 2.05) is 0 Å². The van der Waals surface area contributed by atoms with Crippen LogP contribution in [-0.4, -0.2) is 31.0 Å². The van der Waals surface area contributed by atoms with Crippen LogP contribution in [0.1, 0.15) is 64.7 Å². The lowest BCUT2D eigenvalue weighted by molar-refractivity contribution is -0.188. The first-order chi connectivity index (χ1) is 9.94.